The van der Waals surface area contributed by atoms with Crippen LogP contribution in [0.4, 0.5) is 17.1 Å². The Morgan fingerprint density at radius 2 is 0.659 bits per heavy atom. The maximum Gasteiger partial charge on any atom is 0.326 e. The highest BCUT2D eigenvalue weighted by atomic mass is 32.2. The molecule has 0 bridgehead atoms. The molecular weight excluding hydrogens is 1240 g/mol. The fourth-order valence-electron chi connectivity index (χ4n) is 10.4. The van der Waals surface area contributed by atoms with Crippen molar-refractivity contribution in [2.24, 2.45) is 0 Å². The van der Waals surface area contributed by atoms with Gasteiger partial charge in [0.25, 0.3) is 17.1 Å². The smallest absolute Gasteiger partial charge is 0.326 e. The molecule has 9 N–H and O–H groups in total. The summed E-state index contributed by atoms with van der Waals surface area (Å²) in [7, 11) is 0. The number of fused-ring (bicyclic) bond motifs is 3. The van der Waals surface area contributed by atoms with Gasteiger partial charge < -0.3 is 46.2 Å². The van der Waals surface area contributed by atoms with Gasteiger partial charge in [-0.3, -0.25) is 54.8 Å². The zero-order valence-electron chi connectivity index (χ0n) is 47.5. The highest BCUT2D eigenvalue weighted by Crippen LogP contribution is 2.40. The summed E-state index contributed by atoms with van der Waals surface area (Å²) in [6, 6.07) is 32.8. The van der Waals surface area contributed by atoms with E-state index in [-0.39, 0.29) is 36.3 Å². The van der Waals surface area contributed by atoms with Crippen molar-refractivity contribution in [2.75, 3.05) is 0 Å². The Labute approximate surface area is 526 Å². The number of rotatable bonds is 31. The molecule has 0 saturated heterocycles. The van der Waals surface area contributed by atoms with Gasteiger partial charge in [0.1, 0.15) is 18.1 Å². The van der Waals surface area contributed by atoms with Crippen molar-refractivity contribution in [3.05, 3.63) is 203 Å². The Morgan fingerprint density at radius 1 is 0.407 bits per heavy atom. The standard InChI is InChI=1S/C61H54N10O17S3/c72-52(62-49(58(75)76)31-43-40-7-1-4-10-46(40)65-55(43)89-37-19-13-34(14-20-37)68(81)82)25-28-61(71(87)88,29-26-53(73)63-50(59(77)78)32-44-41-8-2-5-11-47(41)66-56(44)90-38-21-15-35(16-22-38)69(83)84)30-27-54(74)64-51(60(79)80)33-45-42-9-3-6-12-48(42)67-57(45)91-39-23-17-36(18-24-39)70(85)86/h1-24,49-51,65-67H,25-33H2,(H,62,72)(H,63,73)(H,64,74)(H,75,76)(H,77,78)(H,79,80). The number of carboxylic acids is 3. The van der Waals surface area contributed by atoms with Crippen molar-refractivity contribution in [2.45, 2.75) is 111 Å². The summed E-state index contributed by atoms with van der Waals surface area (Å²) < 4.78 is 0. The molecular formula is C61H54N10O17S3. The van der Waals surface area contributed by atoms with Crippen LogP contribution in [0.3, 0.4) is 0 Å². The predicted molar refractivity (Wildman–Crippen MR) is 334 cm³/mol. The second kappa shape index (κ2) is 28.7. The second-order valence-corrected chi connectivity index (χ2v) is 24.2. The van der Waals surface area contributed by atoms with Crippen molar-refractivity contribution in [3.63, 3.8) is 0 Å². The van der Waals surface area contributed by atoms with E-state index in [1.165, 1.54) is 72.8 Å². The molecule has 3 unspecified atom stereocenters. The van der Waals surface area contributed by atoms with Crippen LogP contribution in [0, 0.1) is 40.5 Å². The molecule has 468 valence electrons. The number of non-ortho nitro benzene ring substituents is 3. The quantitative estimate of drug-likeness (QED) is 0.0144. The van der Waals surface area contributed by atoms with Crippen LogP contribution >= 0.6 is 35.3 Å². The monoisotopic (exact) mass is 1290 g/mol. The molecule has 0 aliphatic carbocycles. The predicted octanol–water partition coefficient (Wildman–Crippen LogP) is 10.4. The van der Waals surface area contributed by atoms with Crippen molar-refractivity contribution in [1.29, 1.82) is 0 Å². The second-order valence-electron chi connectivity index (χ2n) is 21.0. The van der Waals surface area contributed by atoms with E-state index in [1.54, 1.807) is 72.8 Å². The van der Waals surface area contributed by atoms with E-state index in [9.17, 15) is 84.5 Å². The first-order chi connectivity index (χ1) is 43.5. The number of hydrogen-bond donors (Lipinski definition) is 9. The van der Waals surface area contributed by atoms with E-state index >= 15 is 0 Å². The lowest BCUT2D eigenvalue weighted by atomic mass is 9.83. The lowest BCUT2D eigenvalue weighted by molar-refractivity contribution is -0.573. The number of hydrogen-bond acceptors (Lipinski definition) is 17. The number of carboxylic acid groups (broad SMARTS) is 3. The van der Waals surface area contributed by atoms with E-state index in [0.29, 0.717) is 79.2 Å². The summed E-state index contributed by atoms with van der Waals surface area (Å²) in [4.78, 5) is 138. The van der Waals surface area contributed by atoms with Crippen LogP contribution in [0.15, 0.2) is 175 Å². The zero-order valence-corrected chi connectivity index (χ0v) is 50.0. The first-order valence-electron chi connectivity index (χ1n) is 27.8. The maximum absolute atomic E-state index is 14.0. The SMILES string of the molecule is O=C(CCC(CCC(=O)NC(Cc1c(Sc2ccc([N+](=O)[O-])cc2)[nH]c2ccccc12)C(=O)O)(CCC(=O)NC(Cc1c(Sc2ccc([N+](=O)[O-])cc2)[nH]c2ccccc12)C(=O)O)[N+](=O)[O-])NC(Cc1c(Sc2ccc([N+](=O)[O-])cc2)[nH]c2ccccc12)C(=O)O. The molecule has 9 aromatic rings. The normalized spacial score (nSPS) is 13.0. The molecule has 6 aromatic carbocycles. The van der Waals surface area contributed by atoms with Crippen LogP contribution in [0.2, 0.25) is 0 Å². The van der Waals surface area contributed by atoms with Crippen LogP contribution in [-0.4, -0.2) is 109 Å². The highest BCUT2D eigenvalue weighted by Gasteiger charge is 2.44. The Balaban J connectivity index is 0.949. The van der Waals surface area contributed by atoms with Crippen LogP contribution in [0.5, 0.6) is 0 Å². The first-order valence-corrected chi connectivity index (χ1v) is 30.3. The summed E-state index contributed by atoms with van der Waals surface area (Å²) in [5, 5.41) is 89.8. The largest absolute Gasteiger partial charge is 0.480 e. The minimum absolute atomic E-state index is 0.154. The Hall–Kier alpha value is -10.6. The molecule has 0 radical (unpaired) electrons. The third-order valence-electron chi connectivity index (χ3n) is 15.1. The molecule has 0 fully saturated rings. The van der Waals surface area contributed by atoms with Gasteiger partial charge in [0, 0.05) is 147 Å². The van der Waals surface area contributed by atoms with Crippen molar-refractivity contribution < 1.29 is 63.8 Å². The van der Waals surface area contributed by atoms with Gasteiger partial charge in [-0.1, -0.05) is 89.9 Å². The number of aromatic nitrogens is 3. The minimum Gasteiger partial charge on any atom is -0.480 e. The molecule has 30 heteroatoms. The molecule has 3 heterocycles. The summed E-state index contributed by atoms with van der Waals surface area (Å²) >= 11 is 3.46. The molecule has 27 nitrogen and oxygen atoms in total. The van der Waals surface area contributed by atoms with Crippen LogP contribution in [0.1, 0.15) is 55.2 Å². The third kappa shape index (κ3) is 16.0. The van der Waals surface area contributed by atoms with Gasteiger partial charge in [0.15, 0.2) is 0 Å². The van der Waals surface area contributed by atoms with Crippen molar-refractivity contribution >= 4 is 121 Å². The molecule has 0 aliphatic rings. The topological polar surface area (TPSA) is 419 Å². The Morgan fingerprint density at radius 3 is 0.890 bits per heavy atom. The number of nitrogens with one attached hydrogen (secondary N) is 6. The Kier molecular flexibility index (Phi) is 20.5. The number of aliphatic carboxylic acids is 3. The number of benzene rings is 6. The first kappa shape index (κ1) is 64.9. The number of H-pyrrole nitrogens is 3. The van der Waals surface area contributed by atoms with Crippen LogP contribution in [0.25, 0.3) is 32.7 Å². The molecule has 3 atom stereocenters. The number of para-hydroxylation sites is 3. The summed E-state index contributed by atoms with van der Waals surface area (Å²) in [5.74, 6) is -7.36. The number of nitrogens with zero attached hydrogens (tertiary/aromatic N) is 4. The van der Waals surface area contributed by atoms with Crippen LogP contribution < -0.4 is 16.0 Å². The number of nitro benzene ring substituents is 3. The molecule has 91 heavy (non-hydrogen) atoms. The van der Waals surface area contributed by atoms with Gasteiger partial charge in [-0.15, -0.1) is 0 Å². The number of carbonyl (C=O) groups is 6. The lowest BCUT2D eigenvalue weighted by Gasteiger charge is -2.26. The molecule has 3 aromatic heterocycles. The average molecular weight is 1300 g/mol. The van der Waals surface area contributed by atoms with E-state index in [0.717, 1.165) is 35.3 Å². The fourth-order valence-corrected chi connectivity index (χ4v) is 13.3. The molecule has 0 aliphatic heterocycles. The average Bonchev–Trinajstić information content (AvgIpc) is 1.73. The third-order valence-corrected chi connectivity index (χ3v) is 18.3. The molecule has 9 rings (SSSR count). The molecule has 0 spiro atoms. The molecule has 3 amide bonds. The van der Waals surface area contributed by atoms with E-state index in [2.05, 4.69) is 30.9 Å². The van der Waals surface area contributed by atoms with Gasteiger partial charge >= 0.3 is 17.9 Å². The number of carbonyl (C=O) groups excluding carboxylic acids is 3. The summed E-state index contributed by atoms with van der Waals surface area (Å²) in [6.45, 7) is 0. The highest BCUT2D eigenvalue weighted by molar-refractivity contribution is 7.99. The minimum atomic E-state index is -2.36. The lowest BCUT2D eigenvalue weighted by Crippen LogP contribution is -2.47. The number of nitro groups is 4. The van der Waals surface area contributed by atoms with Crippen LogP contribution in [-0.2, 0) is 48.0 Å². The number of amides is 3. The fraction of sp³-hybridized carbons (Fsp3) is 0.213. The van der Waals surface area contributed by atoms with Gasteiger partial charge in [-0.25, -0.2) is 14.4 Å². The van der Waals surface area contributed by atoms with Gasteiger partial charge in [0.2, 0.25) is 23.3 Å². The summed E-state index contributed by atoms with van der Waals surface area (Å²) in [6.07, 6.45) is -5.32. The Bertz CT molecular complexity index is 3870. The van der Waals surface area contributed by atoms with E-state index < -0.39 is 118 Å². The van der Waals surface area contributed by atoms with Crippen molar-refractivity contribution in [3.8, 4) is 0 Å². The number of aromatic amines is 3. The van der Waals surface area contributed by atoms with E-state index in [1.807, 2.05) is 0 Å². The van der Waals surface area contributed by atoms with Gasteiger partial charge in [-0.05, 0) is 71.3 Å². The molecule has 0 saturated carbocycles. The van der Waals surface area contributed by atoms with Crippen molar-refractivity contribution in [1.82, 2.24) is 30.9 Å². The summed E-state index contributed by atoms with van der Waals surface area (Å²) in [5.41, 5.74) is 0.361. The van der Waals surface area contributed by atoms with Gasteiger partial charge in [-0.2, -0.15) is 0 Å². The van der Waals surface area contributed by atoms with Gasteiger partial charge in [0.05, 0.1) is 29.8 Å². The zero-order chi connectivity index (χ0) is 65.1. The van der Waals surface area contributed by atoms with E-state index in [4.69, 9.17) is 0 Å². The maximum atomic E-state index is 14.0.